The van der Waals surface area contributed by atoms with Crippen LogP contribution in [-0.4, -0.2) is 103 Å². The number of nitrogens with two attached hydrogens (primary N) is 3. The van der Waals surface area contributed by atoms with Crippen molar-refractivity contribution in [2.75, 3.05) is 51.1 Å². The van der Waals surface area contributed by atoms with Gasteiger partial charge < -0.3 is 42.4 Å². The van der Waals surface area contributed by atoms with E-state index in [1.807, 2.05) is 53.4 Å². The molecule has 0 aromatic heterocycles. The van der Waals surface area contributed by atoms with Crippen LogP contribution in [0.1, 0.15) is 96.1 Å². The quantitative estimate of drug-likeness (QED) is 0.0387. The first kappa shape index (κ1) is 45.2. The number of hydrogen-bond donors (Lipinski definition) is 6. The molecule has 1 unspecified atom stereocenters. The molecule has 3 aromatic rings. The zero-order valence-corrected chi connectivity index (χ0v) is 35.5. The van der Waals surface area contributed by atoms with E-state index in [1.54, 1.807) is 18.2 Å². The van der Waals surface area contributed by atoms with Gasteiger partial charge in [0.2, 0.25) is 17.7 Å². The van der Waals surface area contributed by atoms with E-state index >= 15 is 0 Å². The molecule has 9 N–H and O–H groups in total. The molecule has 62 heavy (non-hydrogen) atoms. The van der Waals surface area contributed by atoms with E-state index in [0.29, 0.717) is 49.4 Å². The van der Waals surface area contributed by atoms with Crippen molar-refractivity contribution < 1.29 is 28.7 Å². The Balaban J connectivity index is 0.799. The Bertz CT molecular complexity index is 2070. The van der Waals surface area contributed by atoms with Gasteiger partial charge in [-0.2, -0.15) is 0 Å². The van der Waals surface area contributed by atoms with Crippen molar-refractivity contribution in [2.45, 2.75) is 82.9 Å². The summed E-state index contributed by atoms with van der Waals surface area (Å²) in [6.45, 7) is 5.95. The standard InChI is InChI=1S/C47H61N9O6/c48-38(34-12-7-6-8-13-34)28-41(45(49)50)56-30-37(31-56)62-36-19-17-33(18-20-36)29-54-24-26-55(27-25-54)43(59)16-9-4-2-1-3-5-10-23-51-39-15-11-14-35(32-57)44(39)47(61)52-40-21-22-42(58)53-46(40)60/h6-8,11-15,17-20,28,32,37,40,51H,1-5,9-10,16,21-27,29-31,48-50H2,(H,52,61)(H,53,58,60)/b38-28-. The second kappa shape index (κ2) is 22.5. The Labute approximate surface area is 364 Å². The number of anilines is 1. The smallest absolute Gasteiger partial charge is 0.254 e. The fraction of sp³-hybridized carbons (Fsp3) is 0.426. The number of benzene rings is 3. The number of imide groups is 1. The Morgan fingerprint density at radius 1 is 0.806 bits per heavy atom. The number of aldehydes is 1. The number of nitrogens with one attached hydrogen (secondary N) is 3. The highest BCUT2D eigenvalue weighted by Crippen LogP contribution is 2.25. The van der Waals surface area contributed by atoms with E-state index in [9.17, 15) is 24.0 Å². The maximum absolute atomic E-state index is 13.1. The van der Waals surface area contributed by atoms with Crippen molar-refractivity contribution in [1.29, 1.82) is 0 Å². The third-order valence-electron chi connectivity index (χ3n) is 11.6. The van der Waals surface area contributed by atoms with Crippen molar-refractivity contribution in [2.24, 2.45) is 17.2 Å². The largest absolute Gasteiger partial charge is 0.487 e. The molecule has 0 spiro atoms. The molecular weight excluding hydrogens is 787 g/mol. The molecule has 3 fully saturated rings. The van der Waals surface area contributed by atoms with Gasteiger partial charge in [-0.05, 0) is 54.7 Å². The van der Waals surface area contributed by atoms with Crippen LogP contribution in [-0.2, 0) is 20.9 Å². The fourth-order valence-corrected chi connectivity index (χ4v) is 8.00. The third kappa shape index (κ3) is 12.8. The van der Waals surface area contributed by atoms with Crippen LogP contribution in [0.25, 0.3) is 5.70 Å². The first-order chi connectivity index (χ1) is 30.1. The fourth-order valence-electron chi connectivity index (χ4n) is 8.00. The Kier molecular flexibility index (Phi) is 16.4. The second-order valence-electron chi connectivity index (χ2n) is 16.3. The molecule has 0 saturated carbocycles. The normalized spacial score (nSPS) is 17.2. The summed E-state index contributed by atoms with van der Waals surface area (Å²) < 4.78 is 6.22. The molecule has 6 rings (SSSR count). The van der Waals surface area contributed by atoms with E-state index in [2.05, 4.69) is 37.9 Å². The highest BCUT2D eigenvalue weighted by Gasteiger charge is 2.31. The number of nitrogens with zero attached hydrogens (tertiary/aromatic N) is 3. The molecule has 0 radical (unpaired) electrons. The van der Waals surface area contributed by atoms with Gasteiger partial charge >= 0.3 is 0 Å². The molecule has 0 bridgehead atoms. The van der Waals surface area contributed by atoms with Gasteiger partial charge in [0, 0.05) is 69.1 Å². The molecule has 4 amide bonds. The summed E-state index contributed by atoms with van der Waals surface area (Å²) in [5.74, 6) is -0.159. The lowest BCUT2D eigenvalue weighted by molar-refractivity contribution is -0.135. The zero-order chi connectivity index (χ0) is 43.8. The van der Waals surface area contributed by atoms with E-state index < -0.39 is 17.9 Å². The number of carbonyl (C=O) groups is 5. The van der Waals surface area contributed by atoms with Gasteiger partial charge in [-0.1, -0.05) is 86.7 Å². The van der Waals surface area contributed by atoms with Crippen molar-refractivity contribution in [3.63, 3.8) is 0 Å². The summed E-state index contributed by atoms with van der Waals surface area (Å²) in [4.78, 5) is 67.9. The molecule has 15 nitrogen and oxygen atoms in total. The number of piperazine rings is 1. The highest BCUT2D eigenvalue weighted by atomic mass is 16.5. The van der Waals surface area contributed by atoms with Crippen LogP contribution in [0.4, 0.5) is 5.69 Å². The highest BCUT2D eigenvalue weighted by molar-refractivity contribution is 6.09. The first-order valence-electron chi connectivity index (χ1n) is 21.8. The van der Waals surface area contributed by atoms with Gasteiger partial charge in [-0.25, -0.2) is 0 Å². The Morgan fingerprint density at radius 2 is 1.50 bits per heavy atom. The topological polar surface area (TPSA) is 218 Å². The summed E-state index contributed by atoms with van der Waals surface area (Å²) >= 11 is 0. The van der Waals surface area contributed by atoms with Crippen LogP contribution < -0.4 is 37.9 Å². The van der Waals surface area contributed by atoms with Gasteiger partial charge in [0.05, 0.1) is 24.4 Å². The Morgan fingerprint density at radius 3 is 2.18 bits per heavy atom. The van der Waals surface area contributed by atoms with Gasteiger partial charge in [-0.3, -0.25) is 34.2 Å². The van der Waals surface area contributed by atoms with Crippen LogP contribution in [0.15, 0.2) is 90.4 Å². The number of piperidine rings is 1. The van der Waals surface area contributed by atoms with Crippen molar-refractivity contribution >= 4 is 41.3 Å². The molecular formula is C47H61N9O6. The van der Waals surface area contributed by atoms with Gasteiger partial charge in [0.1, 0.15) is 23.7 Å². The number of unbranched alkanes of at least 4 members (excludes halogenated alkanes) is 6. The number of hydrogen-bond acceptors (Lipinski definition) is 12. The summed E-state index contributed by atoms with van der Waals surface area (Å²) in [5.41, 5.74) is 22.7. The van der Waals surface area contributed by atoms with Crippen molar-refractivity contribution in [3.05, 3.63) is 113 Å². The minimum Gasteiger partial charge on any atom is -0.487 e. The summed E-state index contributed by atoms with van der Waals surface area (Å²) in [5, 5.41) is 8.19. The van der Waals surface area contributed by atoms with Crippen LogP contribution in [0.5, 0.6) is 5.75 Å². The number of carbonyl (C=O) groups excluding carboxylic acids is 5. The summed E-state index contributed by atoms with van der Waals surface area (Å²) in [6, 6.07) is 22.1. The Hall–Kier alpha value is -6.35. The molecule has 3 aliphatic rings. The zero-order valence-electron chi connectivity index (χ0n) is 35.5. The summed E-state index contributed by atoms with van der Waals surface area (Å²) in [6.07, 6.45) is 10.4. The van der Waals surface area contributed by atoms with Crippen LogP contribution >= 0.6 is 0 Å². The molecule has 3 aliphatic heterocycles. The minimum atomic E-state index is -0.830. The lowest BCUT2D eigenvalue weighted by Crippen LogP contribution is -2.53. The molecule has 330 valence electrons. The van der Waals surface area contributed by atoms with Gasteiger partial charge in [-0.15, -0.1) is 0 Å². The van der Waals surface area contributed by atoms with E-state index in [4.69, 9.17) is 21.9 Å². The molecule has 3 heterocycles. The van der Waals surface area contributed by atoms with E-state index in [1.165, 1.54) is 5.56 Å². The van der Waals surface area contributed by atoms with Gasteiger partial charge in [0.15, 0.2) is 6.29 Å². The minimum absolute atomic E-state index is 0.0177. The monoisotopic (exact) mass is 847 g/mol. The van der Waals surface area contributed by atoms with Crippen molar-refractivity contribution in [1.82, 2.24) is 25.3 Å². The third-order valence-corrected chi connectivity index (χ3v) is 11.6. The van der Waals surface area contributed by atoms with E-state index in [-0.39, 0.29) is 47.7 Å². The van der Waals surface area contributed by atoms with Crippen LogP contribution in [0.3, 0.4) is 0 Å². The first-order valence-corrected chi connectivity index (χ1v) is 21.8. The predicted molar refractivity (Wildman–Crippen MR) is 239 cm³/mol. The molecule has 3 aromatic carbocycles. The second-order valence-corrected chi connectivity index (χ2v) is 16.3. The number of likely N-dealkylation sites (tertiary alicyclic amines) is 1. The average molecular weight is 848 g/mol. The van der Waals surface area contributed by atoms with Gasteiger partial charge in [0.25, 0.3) is 5.91 Å². The lowest BCUT2D eigenvalue weighted by atomic mass is 10.0. The average Bonchev–Trinajstić information content (AvgIpc) is 3.26. The SMILES string of the molecule is NC(N)=C(/C=C(\N)c1ccccc1)N1CC(Oc2ccc(CN3CCN(C(=O)CCCCCCCCCNc4cccc(C=O)c4C(=O)NC4CCC(=O)NC4=O)CC3)cc2)C1. The van der Waals surface area contributed by atoms with Crippen LogP contribution in [0.2, 0.25) is 0 Å². The molecule has 1 atom stereocenters. The number of amides is 4. The molecule has 0 aliphatic carbocycles. The number of rotatable bonds is 21. The molecule has 15 heteroatoms. The number of allylic oxidation sites excluding steroid dienone is 1. The lowest BCUT2D eigenvalue weighted by Gasteiger charge is -2.41. The van der Waals surface area contributed by atoms with E-state index in [0.717, 1.165) is 89.0 Å². The van der Waals surface area contributed by atoms with Crippen LogP contribution in [0, 0.1) is 0 Å². The van der Waals surface area contributed by atoms with Crippen molar-refractivity contribution in [3.8, 4) is 5.75 Å². The molecule has 3 saturated heterocycles. The maximum Gasteiger partial charge on any atom is 0.254 e. The number of ether oxygens (including phenoxy) is 1. The summed E-state index contributed by atoms with van der Waals surface area (Å²) in [7, 11) is 0. The predicted octanol–water partition coefficient (Wildman–Crippen LogP) is 4.06. The maximum atomic E-state index is 13.1.